The minimum atomic E-state index is -1.22. The molecule has 0 unspecified atom stereocenters. The normalized spacial score (nSPS) is 13.5. The molecule has 0 bridgehead atoms. The fraction of sp³-hybridized carbons (Fsp3) is 1.00. The van der Waals surface area contributed by atoms with Crippen LogP contribution in [-0.4, -0.2) is 39.3 Å². The third-order valence-electron chi connectivity index (χ3n) is 4.10. The van der Waals surface area contributed by atoms with E-state index in [-0.39, 0.29) is 0 Å². The van der Waals surface area contributed by atoms with Gasteiger partial charge in [-0.25, -0.2) is 0 Å². The number of hydrogen-bond donors (Lipinski definition) is 1. The van der Waals surface area contributed by atoms with E-state index < -0.39 is 8.24 Å². The Morgan fingerprint density at radius 1 is 1.00 bits per heavy atom. The smallest absolute Gasteiger partial charge is 0.122 e. The van der Waals surface area contributed by atoms with Crippen LogP contribution in [0.2, 0.25) is 18.6 Å². The summed E-state index contributed by atoms with van der Waals surface area (Å²) < 4.78 is 0. The SMILES string of the molecule is CCC(CC)(CN(C)C)N[Si](C)(CC)CC. The van der Waals surface area contributed by atoms with E-state index in [2.05, 4.69) is 58.2 Å². The summed E-state index contributed by atoms with van der Waals surface area (Å²) in [6.07, 6.45) is 2.45. The van der Waals surface area contributed by atoms with Crippen LogP contribution in [0.25, 0.3) is 0 Å². The molecule has 0 aromatic heterocycles. The average Bonchev–Trinajstić information content (AvgIpc) is 2.27. The van der Waals surface area contributed by atoms with Gasteiger partial charge in [0, 0.05) is 12.1 Å². The Labute approximate surface area is 104 Å². The molecule has 3 heteroatoms. The van der Waals surface area contributed by atoms with Gasteiger partial charge in [0.05, 0.1) is 0 Å². The van der Waals surface area contributed by atoms with Crippen LogP contribution in [0, 0.1) is 0 Å². The fourth-order valence-corrected chi connectivity index (χ4v) is 4.93. The molecule has 0 aliphatic rings. The highest BCUT2D eigenvalue weighted by Crippen LogP contribution is 2.22. The van der Waals surface area contributed by atoms with Crippen molar-refractivity contribution in [3.05, 3.63) is 0 Å². The topological polar surface area (TPSA) is 15.3 Å². The van der Waals surface area contributed by atoms with E-state index in [4.69, 9.17) is 0 Å². The monoisotopic (exact) mass is 244 g/mol. The van der Waals surface area contributed by atoms with Crippen molar-refractivity contribution < 1.29 is 0 Å². The lowest BCUT2D eigenvalue weighted by Crippen LogP contribution is -2.62. The van der Waals surface area contributed by atoms with Gasteiger partial charge in [-0.1, -0.05) is 34.2 Å². The van der Waals surface area contributed by atoms with Crippen LogP contribution in [0.1, 0.15) is 40.5 Å². The summed E-state index contributed by atoms with van der Waals surface area (Å²) in [4.78, 5) is 6.39. The van der Waals surface area contributed by atoms with E-state index in [1.807, 2.05) is 0 Å². The van der Waals surface area contributed by atoms with Gasteiger partial charge >= 0.3 is 0 Å². The van der Waals surface area contributed by atoms with Gasteiger partial charge in [0.25, 0.3) is 0 Å². The van der Waals surface area contributed by atoms with Crippen LogP contribution in [0.3, 0.4) is 0 Å². The van der Waals surface area contributed by atoms with E-state index in [1.165, 1.54) is 24.9 Å². The Morgan fingerprint density at radius 2 is 1.44 bits per heavy atom. The number of likely N-dealkylation sites (N-methyl/N-ethyl adjacent to an activating group) is 1. The van der Waals surface area contributed by atoms with Gasteiger partial charge in [-0.05, 0) is 39.0 Å². The van der Waals surface area contributed by atoms with Gasteiger partial charge in [0.15, 0.2) is 0 Å². The first kappa shape index (κ1) is 16.1. The van der Waals surface area contributed by atoms with Gasteiger partial charge in [-0.3, -0.25) is 0 Å². The minimum absolute atomic E-state index is 0.330. The first-order chi connectivity index (χ1) is 7.37. The molecular weight excluding hydrogens is 212 g/mol. The first-order valence-corrected chi connectivity index (χ1v) is 9.72. The first-order valence-electron chi connectivity index (χ1n) is 6.81. The van der Waals surface area contributed by atoms with Crippen LogP contribution >= 0.6 is 0 Å². The summed E-state index contributed by atoms with van der Waals surface area (Å²) in [6, 6.07) is 2.66. The van der Waals surface area contributed by atoms with Gasteiger partial charge in [0.1, 0.15) is 8.24 Å². The molecule has 0 amide bonds. The molecule has 0 aromatic carbocycles. The lowest BCUT2D eigenvalue weighted by atomic mass is 9.94. The summed E-state index contributed by atoms with van der Waals surface area (Å²) in [5, 5.41) is 0. The van der Waals surface area contributed by atoms with Crippen molar-refractivity contribution in [3.63, 3.8) is 0 Å². The van der Waals surface area contributed by atoms with Crippen LogP contribution in [0.5, 0.6) is 0 Å². The molecule has 0 fully saturated rings. The van der Waals surface area contributed by atoms with E-state index in [9.17, 15) is 0 Å². The predicted molar refractivity (Wildman–Crippen MR) is 77.6 cm³/mol. The summed E-state index contributed by atoms with van der Waals surface area (Å²) >= 11 is 0. The minimum Gasteiger partial charge on any atom is -0.331 e. The van der Waals surface area contributed by atoms with E-state index >= 15 is 0 Å². The highest BCUT2D eigenvalue weighted by molar-refractivity contribution is 6.76. The molecule has 0 saturated heterocycles. The lowest BCUT2D eigenvalue weighted by molar-refractivity contribution is 0.244. The second-order valence-corrected chi connectivity index (χ2v) is 10.4. The van der Waals surface area contributed by atoms with Crippen molar-refractivity contribution in [2.24, 2.45) is 0 Å². The van der Waals surface area contributed by atoms with E-state index in [0.29, 0.717) is 5.54 Å². The van der Waals surface area contributed by atoms with E-state index in [1.54, 1.807) is 0 Å². The molecule has 0 aliphatic carbocycles. The molecule has 0 aliphatic heterocycles. The zero-order valence-electron chi connectivity index (χ0n) is 12.5. The molecule has 1 N–H and O–H groups in total. The maximum Gasteiger partial charge on any atom is 0.122 e. The van der Waals surface area contributed by atoms with Gasteiger partial charge < -0.3 is 9.88 Å². The molecular formula is C13H32N2Si. The zero-order valence-corrected chi connectivity index (χ0v) is 13.5. The van der Waals surface area contributed by atoms with Crippen LogP contribution in [-0.2, 0) is 0 Å². The highest BCUT2D eigenvalue weighted by atomic mass is 28.3. The van der Waals surface area contributed by atoms with Gasteiger partial charge in [-0.2, -0.15) is 0 Å². The van der Waals surface area contributed by atoms with E-state index in [0.717, 1.165) is 6.54 Å². The summed E-state index contributed by atoms with van der Waals surface area (Å²) in [7, 11) is 3.14. The Bertz CT molecular complexity index is 184. The number of hydrogen-bond acceptors (Lipinski definition) is 2. The van der Waals surface area contributed by atoms with Crippen LogP contribution in [0.4, 0.5) is 0 Å². The molecule has 0 rings (SSSR count). The maximum atomic E-state index is 4.07. The van der Waals surface area contributed by atoms with Crippen LogP contribution in [0.15, 0.2) is 0 Å². The molecule has 98 valence electrons. The predicted octanol–water partition coefficient (Wildman–Crippen LogP) is 3.31. The molecule has 0 spiro atoms. The third kappa shape index (κ3) is 4.56. The Kier molecular flexibility index (Phi) is 6.83. The summed E-state index contributed by atoms with van der Waals surface area (Å²) in [5.41, 5.74) is 0.330. The Balaban J connectivity index is 4.77. The van der Waals surface area contributed by atoms with Gasteiger partial charge in [0.2, 0.25) is 0 Å². The van der Waals surface area contributed by atoms with Crippen molar-refractivity contribution in [3.8, 4) is 0 Å². The van der Waals surface area contributed by atoms with Crippen molar-refractivity contribution >= 4 is 8.24 Å². The Hall–Kier alpha value is 0.137. The average molecular weight is 244 g/mol. The second kappa shape index (κ2) is 6.77. The summed E-state index contributed by atoms with van der Waals surface area (Å²) in [6.45, 7) is 13.0. The fourth-order valence-electron chi connectivity index (χ4n) is 2.36. The molecule has 0 radical (unpaired) electrons. The largest absolute Gasteiger partial charge is 0.331 e. The standard InChI is InChI=1S/C13H32N2Si/c1-8-13(9-2,12-15(5)6)14-16(7,10-3)11-4/h14H,8-12H2,1-7H3. The quantitative estimate of drug-likeness (QED) is 0.659. The van der Waals surface area contributed by atoms with Crippen molar-refractivity contribution in [1.29, 1.82) is 0 Å². The zero-order chi connectivity index (χ0) is 12.8. The highest BCUT2D eigenvalue weighted by Gasteiger charge is 2.34. The van der Waals surface area contributed by atoms with Gasteiger partial charge in [-0.15, -0.1) is 0 Å². The third-order valence-corrected chi connectivity index (χ3v) is 8.36. The molecule has 0 atom stereocenters. The lowest BCUT2D eigenvalue weighted by Gasteiger charge is -2.43. The van der Waals surface area contributed by atoms with Crippen molar-refractivity contribution in [1.82, 2.24) is 9.88 Å². The molecule has 0 saturated carbocycles. The molecule has 0 heterocycles. The molecule has 0 aromatic rings. The Morgan fingerprint density at radius 3 is 1.69 bits per heavy atom. The number of rotatable bonds is 8. The maximum absolute atomic E-state index is 4.07. The summed E-state index contributed by atoms with van der Waals surface area (Å²) in [5.74, 6) is 0. The number of nitrogens with one attached hydrogen (secondary N) is 1. The molecule has 16 heavy (non-hydrogen) atoms. The molecule has 2 nitrogen and oxygen atoms in total. The van der Waals surface area contributed by atoms with Crippen LogP contribution < -0.4 is 4.98 Å². The van der Waals surface area contributed by atoms with Crippen molar-refractivity contribution in [2.45, 2.75) is 64.7 Å². The second-order valence-electron chi connectivity index (χ2n) is 5.62. The van der Waals surface area contributed by atoms with Crippen molar-refractivity contribution in [2.75, 3.05) is 20.6 Å². The number of nitrogens with zero attached hydrogens (tertiary/aromatic N) is 1.